The number of hydrogen-bond acceptors (Lipinski definition) is 1. The van der Waals surface area contributed by atoms with Crippen LogP contribution in [0.4, 0.5) is 0 Å². The Morgan fingerprint density at radius 2 is 1.90 bits per heavy atom. The highest BCUT2D eigenvalue weighted by Crippen LogP contribution is 2.64. The van der Waals surface area contributed by atoms with Crippen molar-refractivity contribution in [1.29, 1.82) is 0 Å². The van der Waals surface area contributed by atoms with E-state index in [2.05, 4.69) is 66.3 Å². The Kier molecular flexibility index (Phi) is 3.53. The van der Waals surface area contributed by atoms with Crippen molar-refractivity contribution in [2.45, 2.75) is 63.8 Å². The van der Waals surface area contributed by atoms with E-state index < -0.39 is 0 Å². The van der Waals surface area contributed by atoms with Crippen molar-refractivity contribution in [2.24, 2.45) is 5.41 Å². The molecule has 110 valence electrons. The van der Waals surface area contributed by atoms with Gasteiger partial charge in [0.1, 0.15) is 0 Å². The van der Waals surface area contributed by atoms with Crippen molar-refractivity contribution in [2.75, 3.05) is 6.54 Å². The molecular weight excluding hydrogens is 310 g/mol. The molecule has 0 heterocycles. The summed E-state index contributed by atoms with van der Waals surface area (Å²) in [6, 6.07) is 8.96. The number of nitrogens with one attached hydrogen (secondary N) is 1. The molecule has 0 bridgehead atoms. The minimum atomic E-state index is 0.196. The van der Waals surface area contributed by atoms with Crippen LogP contribution in [-0.4, -0.2) is 12.1 Å². The highest BCUT2D eigenvalue weighted by Gasteiger charge is 2.57. The average Bonchev–Trinajstić information content (AvgIpc) is 2.24. The highest BCUT2D eigenvalue weighted by molar-refractivity contribution is 9.10. The van der Waals surface area contributed by atoms with Gasteiger partial charge in [-0.25, -0.2) is 0 Å². The van der Waals surface area contributed by atoms with Gasteiger partial charge in [0.15, 0.2) is 0 Å². The van der Waals surface area contributed by atoms with Crippen LogP contribution in [0.2, 0.25) is 0 Å². The van der Waals surface area contributed by atoms with Crippen LogP contribution in [0.15, 0.2) is 28.7 Å². The Labute approximate surface area is 131 Å². The molecule has 0 aliphatic heterocycles. The summed E-state index contributed by atoms with van der Waals surface area (Å²) in [5.74, 6) is 0. The van der Waals surface area contributed by atoms with Gasteiger partial charge in [-0.2, -0.15) is 0 Å². The molecule has 1 aromatic carbocycles. The van der Waals surface area contributed by atoms with Gasteiger partial charge in [0, 0.05) is 22.0 Å². The van der Waals surface area contributed by atoms with E-state index in [1.165, 1.54) is 42.1 Å². The highest BCUT2D eigenvalue weighted by atomic mass is 79.9. The van der Waals surface area contributed by atoms with Crippen LogP contribution in [0, 0.1) is 5.41 Å². The molecule has 0 saturated heterocycles. The first kappa shape index (κ1) is 14.6. The maximum Gasteiger partial charge on any atom is 0.0178 e. The lowest BCUT2D eigenvalue weighted by molar-refractivity contribution is -0.0503. The predicted molar refractivity (Wildman–Crippen MR) is 89.1 cm³/mol. The smallest absolute Gasteiger partial charge is 0.0178 e. The summed E-state index contributed by atoms with van der Waals surface area (Å²) in [5, 5.41) is 3.75. The number of hydrogen-bond donors (Lipinski definition) is 1. The van der Waals surface area contributed by atoms with Crippen LogP contribution in [0.3, 0.4) is 0 Å². The van der Waals surface area contributed by atoms with Gasteiger partial charge >= 0.3 is 0 Å². The predicted octanol–water partition coefficient (Wildman–Crippen LogP) is 5.04. The first-order valence-corrected chi connectivity index (χ1v) is 8.63. The van der Waals surface area contributed by atoms with Crippen molar-refractivity contribution in [1.82, 2.24) is 5.32 Å². The lowest BCUT2D eigenvalue weighted by Crippen LogP contribution is -2.59. The second-order valence-corrected chi connectivity index (χ2v) is 9.02. The summed E-state index contributed by atoms with van der Waals surface area (Å²) in [5.41, 5.74) is 2.77. The van der Waals surface area contributed by atoms with Gasteiger partial charge in [-0.15, -0.1) is 0 Å². The maximum atomic E-state index is 3.75. The van der Waals surface area contributed by atoms with Gasteiger partial charge in [-0.3, -0.25) is 0 Å². The van der Waals surface area contributed by atoms with E-state index in [9.17, 15) is 0 Å². The van der Waals surface area contributed by atoms with Crippen molar-refractivity contribution in [3.63, 3.8) is 0 Å². The summed E-state index contributed by atoms with van der Waals surface area (Å²) < 4.78 is 1.21. The normalized spacial score (nSPS) is 23.2. The van der Waals surface area contributed by atoms with Gasteiger partial charge < -0.3 is 5.32 Å². The largest absolute Gasteiger partial charge is 0.311 e. The monoisotopic (exact) mass is 335 g/mol. The Balaban J connectivity index is 1.81. The van der Waals surface area contributed by atoms with Crippen LogP contribution in [0.5, 0.6) is 0 Å². The first-order valence-electron chi connectivity index (χ1n) is 7.84. The van der Waals surface area contributed by atoms with Crippen LogP contribution in [0.1, 0.15) is 58.4 Å². The SMILES string of the molecule is CC(C)(C)NCC1(c2cccc(Br)c2)CC2(CCC2)C1. The molecule has 0 radical (unpaired) electrons. The molecule has 1 spiro atoms. The molecule has 0 unspecified atom stereocenters. The molecule has 2 heteroatoms. The maximum absolute atomic E-state index is 3.75. The second kappa shape index (κ2) is 4.84. The number of benzene rings is 1. The molecule has 0 aromatic heterocycles. The Hall–Kier alpha value is -0.340. The summed E-state index contributed by atoms with van der Waals surface area (Å²) in [7, 11) is 0. The van der Waals surface area contributed by atoms with Crippen LogP contribution in [0.25, 0.3) is 0 Å². The van der Waals surface area contributed by atoms with E-state index in [-0.39, 0.29) is 5.54 Å². The fourth-order valence-electron chi connectivity index (χ4n) is 4.10. The average molecular weight is 336 g/mol. The second-order valence-electron chi connectivity index (χ2n) is 8.10. The molecule has 0 amide bonds. The molecule has 3 rings (SSSR count). The minimum Gasteiger partial charge on any atom is -0.311 e. The standard InChI is InChI=1S/C18H26BrN/c1-16(2,3)20-13-18(11-17(12-18)8-5-9-17)14-6-4-7-15(19)10-14/h4,6-7,10,20H,5,8-9,11-13H2,1-3H3. The lowest BCUT2D eigenvalue weighted by Gasteiger charge is -2.62. The quantitative estimate of drug-likeness (QED) is 0.815. The number of rotatable bonds is 3. The van der Waals surface area contributed by atoms with Crippen molar-refractivity contribution in [3.05, 3.63) is 34.3 Å². The van der Waals surface area contributed by atoms with E-state index in [1.807, 2.05) is 0 Å². The van der Waals surface area contributed by atoms with E-state index in [0.29, 0.717) is 10.8 Å². The van der Waals surface area contributed by atoms with Crippen LogP contribution < -0.4 is 5.32 Å². The van der Waals surface area contributed by atoms with Crippen molar-refractivity contribution < 1.29 is 0 Å². The van der Waals surface area contributed by atoms with Crippen molar-refractivity contribution in [3.8, 4) is 0 Å². The minimum absolute atomic E-state index is 0.196. The topological polar surface area (TPSA) is 12.0 Å². The molecule has 0 atom stereocenters. The Morgan fingerprint density at radius 3 is 2.40 bits per heavy atom. The zero-order chi connectivity index (χ0) is 14.4. The van der Waals surface area contributed by atoms with E-state index >= 15 is 0 Å². The summed E-state index contributed by atoms with van der Waals surface area (Å²) in [6.07, 6.45) is 7.11. The zero-order valence-electron chi connectivity index (χ0n) is 12.9. The number of halogens is 1. The molecule has 2 saturated carbocycles. The molecule has 1 nitrogen and oxygen atoms in total. The van der Waals surface area contributed by atoms with Crippen LogP contribution >= 0.6 is 15.9 Å². The van der Waals surface area contributed by atoms with Gasteiger partial charge in [-0.05, 0) is 69.6 Å². The molecule has 2 fully saturated rings. The Bertz CT molecular complexity index is 488. The van der Waals surface area contributed by atoms with Gasteiger partial charge in [-0.1, -0.05) is 34.5 Å². The van der Waals surface area contributed by atoms with Gasteiger partial charge in [0.25, 0.3) is 0 Å². The Morgan fingerprint density at radius 1 is 1.20 bits per heavy atom. The van der Waals surface area contributed by atoms with Crippen molar-refractivity contribution >= 4 is 15.9 Å². The van der Waals surface area contributed by atoms with Gasteiger partial charge in [0.05, 0.1) is 0 Å². The summed E-state index contributed by atoms with van der Waals surface area (Å²) in [4.78, 5) is 0. The van der Waals surface area contributed by atoms with Crippen LogP contribution in [-0.2, 0) is 5.41 Å². The fraction of sp³-hybridized carbons (Fsp3) is 0.667. The first-order chi connectivity index (χ1) is 9.33. The third-order valence-electron chi connectivity index (χ3n) is 5.24. The summed E-state index contributed by atoms with van der Waals surface area (Å²) >= 11 is 3.64. The molecule has 1 N–H and O–H groups in total. The molecular formula is C18H26BrN. The summed E-state index contributed by atoms with van der Waals surface area (Å²) in [6.45, 7) is 7.90. The fourth-order valence-corrected chi connectivity index (χ4v) is 4.50. The van der Waals surface area contributed by atoms with E-state index in [0.717, 1.165) is 6.54 Å². The molecule has 1 aromatic rings. The van der Waals surface area contributed by atoms with E-state index in [4.69, 9.17) is 0 Å². The molecule has 20 heavy (non-hydrogen) atoms. The molecule has 2 aliphatic carbocycles. The van der Waals surface area contributed by atoms with Gasteiger partial charge in [0.2, 0.25) is 0 Å². The molecule has 2 aliphatic rings. The lowest BCUT2D eigenvalue weighted by atomic mass is 9.43. The third-order valence-corrected chi connectivity index (χ3v) is 5.73. The third kappa shape index (κ3) is 2.69. The zero-order valence-corrected chi connectivity index (χ0v) is 14.5. The van der Waals surface area contributed by atoms with E-state index in [1.54, 1.807) is 0 Å².